The van der Waals surface area contributed by atoms with E-state index in [4.69, 9.17) is 0 Å². The molecule has 0 bridgehead atoms. The molecule has 3 aromatic rings. The highest BCUT2D eigenvalue weighted by Crippen LogP contribution is 2.39. The van der Waals surface area contributed by atoms with Gasteiger partial charge in [-0.3, -0.25) is 9.59 Å². The molecular weight excluding hydrogens is 460 g/mol. The molecule has 35 heavy (non-hydrogen) atoms. The minimum atomic E-state index is -0.465. The van der Waals surface area contributed by atoms with Crippen LogP contribution in [0.2, 0.25) is 0 Å². The average Bonchev–Trinajstić information content (AvgIpc) is 3.57. The fraction of sp³-hybridized carbons (Fsp3) is 0.370. The molecule has 182 valence electrons. The van der Waals surface area contributed by atoms with Crippen LogP contribution in [-0.4, -0.2) is 59.6 Å². The normalized spacial score (nSPS) is 19.3. The predicted molar refractivity (Wildman–Crippen MR) is 138 cm³/mol. The van der Waals surface area contributed by atoms with Crippen LogP contribution in [0.3, 0.4) is 0 Å². The molecule has 2 aromatic carbocycles. The summed E-state index contributed by atoms with van der Waals surface area (Å²) in [5.41, 5.74) is 5.60. The van der Waals surface area contributed by atoms with E-state index >= 15 is 0 Å². The second-order valence-electron chi connectivity index (χ2n) is 9.42. The van der Waals surface area contributed by atoms with Gasteiger partial charge in [0.15, 0.2) is 0 Å². The second-order valence-corrected chi connectivity index (χ2v) is 10.5. The Morgan fingerprint density at radius 1 is 1.29 bits per heavy atom. The molecule has 1 aromatic heterocycles. The molecule has 0 saturated carbocycles. The molecule has 2 amide bonds. The highest BCUT2D eigenvalue weighted by molar-refractivity contribution is 7.09. The van der Waals surface area contributed by atoms with Gasteiger partial charge in [-0.05, 0) is 42.2 Å². The molecule has 3 heterocycles. The molecule has 5 rings (SSSR count). The number of aryl methyl sites for hydroxylation is 1. The number of nitrogens with one attached hydrogen (secondary N) is 2. The zero-order valence-electron chi connectivity index (χ0n) is 20.0. The number of fused-ring (bicyclic) bond motifs is 1. The van der Waals surface area contributed by atoms with Gasteiger partial charge in [0.1, 0.15) is 0 Å². The lowest BCUT2D eigenvalue weighted by atomic mass is 9.79. The van der Waals surface area contributed by atoms with E-state index < -0.39 is 5.92 Å². The van der Waals surface area contributed by atoms with Crippen molar-refractivity contribution in [1.82, 2.24) is 15.2 Å². The molecule has 8 heteroatoms. The van der Waals surface area contributed by atoms with Gasteiger partial charge in [0, 0.05) is 49.2 Å². The molecule has 0 aliphatic carbocycles. The number of benzene rings is 2. The molecule has 0 spiro atoms. The maximum Gasteiger partial charge on any atom is 0.228 e. The summed E-state index contributed by atoms with van der Waals surface area (Å²) >= 11 is 1.62. The quantitative estimate of drug-likeness (QED) is 0.473. The van der Waals surface area contributed by atoms with Crippen LogP contribution in [0.1, 0.15) is 40.0 Å². The topological polar surface area (TPSA) is 94.6 Å². The van der Waals surface area contributed by atoms with E-state index in [1.165, 1.54) is 0 Å². The van der Waals surface area contributed by atoms with Crippen molar-refractivity contribution in [3.05, 3.63) is 69.5 Å². The SMILES string of the molecule is CNC(=O)C(c1ccc2c(c1)NC(=O)C2)[C@H](CN1CC[C@H](O)C1)c1cccc(-c2csc(C)n2)c1. The molecule has 3 atom stereocenters. The number of amides is 2. The lowest BCUT2D eigenvalue weighted by molar-refractivity contribution is -0.122. The van der Waals surface area contributed by atoms with Gasteiger partial charge < -0.3 is 20.6 Å². The number of nitrogens with zero attached hydrogens (tertiary/aromatic N) is 2. The Morgan fingerprint density at radius 3 is 2.86 bits per heavy atom. The molecule has 2 aliphatic heterocycles. The Bertz CT molecular complexity index is 1260. The van der Waals surface area contributed by atoms with Crippen LogP contribution in [-0.2, 0) is 16.0 Å². The van der Waals surface area contributed by atoms with Gasteiger partial charge in [0.2, 0.25) is 11.8 Å². The third kappa shape index (κ3) is 5.00. The number of aliphatic hydroxyl groups is 1. The van der Waals surface area contributed by atoms with E-state index in [1.54, 1.807) is 18.4 Å². The minimum absolute atomic E-state index is 0.0255. The summed E-state index contributed by atoms with van der Waals surface area (Å²) in [6, 6.07) is 14.1. The van der Waals surface area contributed by atoms with Crippen LogP contribution >= 0.6 is 11.3 Å². The molecule has 7 nitrogen and oxygen atoms in total. The molecule has 2 aliphatic rings. The van der Waals surface area contributed by atoms with Crippen molar-refractivity contribution in [2.75, 3.05) is 32.0 Å². The van der Waals surface area contributed by atoms with E-state index in [2.05, 4.69) is 44.1 Å². The van der Waals surface area contributed by atoms with Crippen LogP contribution in [0.4, 0.5) is 5.69 Å². The maximum absolute atomic E-state index is 13.4. The fourth-order valence-corrected chi connectivity index (χ4v) is 5.85. The van der Waals surface area contributed by atoms with E-state index in [0.717, 1.165) is 51.6 Å². The Kier molecular flexibility index (Phi) is 6.69. The zero-order valence-corrected chi connectivity index (χ0v) is 20.8. The van der Waals surface area contributed by atoms with Gasteiger partial charge in [-0.25, -0.2) is 4.98 Å². The Morgan fingerprint density at radius 2 is 2.14 bits per heavy atom. The smallest absolute Gasteiger partial charge is 0.228 e. The number of rotatable bonds is 7. The highest BCUT2D eigenvalue weighted by atomic mass is 32.1. The molecule has 1 fully saturated rings. The predicted octanol–water partition coefficient (Wildman–Crippen LogP) is 3.29. The van der Waals surface area contributed by atoms with Crippen LogP contribution < -0.4 is 10.6 Å². The first kappa shape index (κ1) is 23.7. The third-order valence-electron chi connectivity index (χ3n) is 6.98. The second kappa shape index (κ2) is 9.89. The van der Waals surface area contributed by atoms with E-state index in [0.29, 0.717) is 19.5 Å². The number of hydrogen-bond donors (Lipinski definition) is 3. The maximum atomic E-state index is 13.4. The number of likely N-dealkylation sites (tertiary alicyclic amines) is 1. The number of carbonyl (C=O) groups excluding carboxylic acids is 2. The van der Waals surface area contributed by atoms with Crippen molar-refractivity contribution in [3.8, 4) is 11.3 Å². The summed E-state index contributed by atoms with van der Waals surface area (Å²) in [6.07, 6.45) is 0.763. The van der Waals surface area contributed by atoms with Gasteiger partial charge in [-0.1, -0.05) is 30.3 Å². The van der Waals surface area contributed by atoms with Crippen LogP contribution in [0, 0.1) is 6.92 Å². The van der Waals surface area contributed by atoms with E-state index in [1.807, 2.05) is 31.2 Å². The number of carbonyl (C=O) groups is 2. The number of likely N-dealkylation sites (N-methyl/N-ethyl adjacent to an activating group) is 1. The molecule has 1 saturated heterocycles. The van der Waals surface area contributed by atoms with Crippen molar-refractivity contribution >= 4 is 28.8 Å². The van der Waals surface area contributed by atoms with Crippen molar-refractivity contribution < 1.29 is 14.7 Å². The Balaban J connectivity index is 1.57. The molecular formula is C27H30N4O3S. The third-order valence-corrected chi connectivity index (χ3v) is 7.75. The van der Waals surface area contributed by atoms with Crippen LogP contribution in [0.25, 0.3) is 11.3 Å². The van der Waals surface area contributed by atoms with Crippen LogP contribution in [0.15, 0.2) is 47.8 Å². The molecule has 1 unspecified atom stereocenters. The van der Waals surface area contributed by atoms with Gasteiger partial charge in [0.05, 0.1) is 29.1 Å². The standard InChI is InChI=1S/C27H30N4O3S/c1-16-29-24(15-35-16)18-5-3-4-17(10-18)22(14-31-9-8-21(32)13-31)26(27(34)28-2)20-7-6-19-12-25(33)30-23(19)11-20/h3-7,10-11,15,21-22,26,32H,8-9,12-14H2,1-2H3,(H,28,34)(H,30,33)/t21-,22+,26?/m0/s1. The van der Waals surface area contributed by atoms with E-state index in [9.17, 15) is 14.7 Å². The Labute approximate surface area is 209 Å². The molecule has 3 N–H and O–H groups in total. The number of β-amino-alcohol motifs (C(OH)–C–C–N with tert-alkyl or cyclic N) is 1. The highest BCUT2D eigenvalue weighted by Gasteiger charge is 2.35. The summed E-state index contributed by atoms with van der Waals surface area (Å²) < 4.78 is 0. The largest absolute Gasteiger partial charge is 0.392 e. The van der Waals surface area contributed by atoms with Gasteiger partial charge >= 0.3 is 0 Å². The lowest BCUT2D eigenvalue weighted by Crippen LogP contribution is -2.36. The number of anilines is 1. The monoisotopic (exact) mass is 490 g/mol. The summed E-state index contributed by atoms with van der Waals surface area (Å²) in [5, 5.41) is 19.0. The van der Waals surface area contributed by atoms with Gasteiger partial charge in [-0.2, -0.15) is 0 Å². The first-order valence-corrected chi connectivity index (χ1v) is 12.9. The summed E-state index contributed by atoms with van der Waals surface area (Å²) in [7, 11) is 1.66. The first-order valence-electron chi connectivity index (χ1n) is 12.0. The first-order chi connectivity index (χ1) is 16.9. The van der Waals surface area contributed by atoms with Crippen molar-refractivity contribution in [3.63, 3.8) is 0 Å². The number of thiazole rings is 1. The summed E-state index contributed by atoms with van der Waals surface area (Å²) in [6.45, 7) is 4.03. The minimum Gasteiger partial charge on any atom is -0.392 e. The average molecular weight is 491 g/mol. The van der Waals surface area contributed by atoms with Gasteiger partial charge in [0.25, 0.3) is 0 Å². The number of hydrogen-bond acceptors (Lipinski definition) is 6. The number of aromatic nitrogens is 1. The molecule has 0 radical (unpaired) electrons. The summed E-state index contributed by atoms with van der Waals surface area (Å²) in [5.74, 6) is -0.723. The van der Waals surface area contributed by atoms with Crippen molar-refractivity contribution in [2.45, 2.75) is 37.7 Å². The lowest BCUT2D eigenvalue weighted by Gasteiger charge is -2.31. The van der Waals surface area contributed by atoms with Gasteiger partial charge in [-0.15, -0.1) is 11.3 Å². The Hall–Kier alpha value is -3.07. The fourth-order valence-electron chi connectivity index (χ4n) is 5.23. The van der Waals surface area contributed by atoms with Crippen LogP contribution in [0.5, 0.6) is 0 Å². The summed E-state index contributed by atoms with van der Waals surface area (Å²) in [4.78, 5) is 32.2. The van der Waals surface area contributed by atoms with Crippen molar-refractivity contribution in [2.24, 2.45) is 0 Å². The number of aliphatic hydroxyl groups excluding tert-OH is 1. The van der Waals surface area contributed by atoms with Crippen molar-refractivity contribution in [1.29, 1.82) is 0 Å². The van der Waals surface area contributed by atoms with E-state index in [-0.39, 0.29) is 23.8 Å². The zero-order chi connectivity index (χ0) is 24.5.